The molecule has 2 aromatic rings. The summed E-state index contributed by atoms with van der Waals surface area (Å²) in [6, 6.07) is 12.0. The van der Waals surface area contributed by atoms with Crippen molar-refractivity contribution in [3.63, 3.8) is 0 Å². The average Bonchev–Trinajstić information content (AvgIpc) is 2.73. The van der Waals surface area contributed by atoms with Crippen LogP contribution in [0.5, 0.6) is 5.75 Å². The zero-order chi connectivity index (χ0) is 21.9. The summed E-state index contributed by atoms with van der Waals surface area (Å²) in [5, 5.41) is 9.32. The quantitative estimate of drug-likeness (QED) is 0.259. The van der Waals surface area contributed by atoms with Crippen molar-refractivity contribution in [1.29, 1.82) is 0 Å². The molecule has 9 heteroatoms. The Hall–Kier alpha value is -3.65. The molecule has 0 spiro atoms. The number of nitrogens with one attached hydrogen (secondary N) is 3. The molecule has 0 aliphatic rings. The Balaban J connectivity index is 1.94. The lowest BCUT2D eigenvalue weighted by atomic mass is 10.2. The third-order valence-electron chi connectivity index (χ3n) is 3.73. The molecule has 0 aromatic heterocycles. The minimum atomic E-state index is -0.914. The molecule has 0 aliphatic carbocycles. The molecule has 0 saturated heterocycles. The SMILES string of the molecule is C=CCNC(=O)C(=O)N/N=C\c1ccccc1OCC(=O)Nc1cc(Cl)ccc1C. The van der Waals surface area contributed by atoms with E-state index in [0.29, 0.717) is 22.0 Å². The van der Waals surface area contributed by atoms with E-state index >= 15 is 0 Å². The lowest BCUT2D eigenvalue weighted by molar-refractivity contribution is -0.139. The molecule has 0 radical (unpaired) electrons. The van der Waals surface area contributed by atoms with Gasteiger partial charge in [-0.05, 0) is 36.8 Å². The summed E-state index contributed by atoms with van der Waals surface area (Å²) in [5.74, 6) is -1.73. The van der Waals surface area contributed by atoms with Crippen LogP contribution in [0.4, 0.5) is 5.69 Å². The van der Waals surface area contributed by atoms with E-state index in [-0.39, 0.29) is 19.1 Å². The van der Waals surface area contributed by atoms with Gasteiger partial charge in [-0.1, -0.05) is 35.9 Å². The Labute approximate surface area is 178 Å². The van der Waals surface area contributed by atoms with E-state index in [9.17, 15) is 14.4 Å². The number of rotatable bonds is 8. The highest BCUT2D eigenvalue weighted by Crippen LogP contribution is 2.20. The van der Waals surface area contributed by atoms with E-state index in [1.54, 1.807) is 42.5 Å². The molecule has 2 aromatic carbocycles. The number of hydrogen-bond donors (Lipinski definition) is 3. The van der Waals surface area contributed by atoms with Crippen molar-refractivity contribution in [2.24, 2.45) is 5.10 Å². The highest BCUT2D eigenvalue weighted by atomic mass is 35.5. The fourth-order valence-electron chi connectivity index (χ4n) is 2.23. The fraction of sp³-hybridized carbons (Fsp3) is 0.143. The second-order valence-electron chi connectivity index (χ2n) is 6.03. The van der Waals surface area contributed by atoms with Crippen LogP contribution in [-0.2, 0) is 14.4 Å². The first-order chi connectivity index (χ1) is 14.4. The molecule has 0 atom stereocenters. The zero-order valence-corrected chi connectivity index (χ0v) is 17.0. The summed E-state index contributed by atoms with van der Waals surface area (Å²) in [5.41, 5.74) is 4.09. The molecule has 3 N–H and O–H groups in total. The predicted octanol–water partition coefficient (Wildman–Crippen LogP) is 2.42. The number of carbonyl (C=O) groups is 3. The third kappa shape index (κ3) is 7.06. The summed E-state index contributed by atoms with van der Waals surface area (Å²) in [6.07, 6.45) is 2.76. The number of hydrazone groups is 1. The Morgan fingerprint density at radius 2 is 1.93 bits per heavy atom. The van der Waals surface area contributed by atoms with Crippen molar-refractivity contribution in [2.75, 3.05) is 18.5 Å². The van der Waals surface area contributed by atoms with Crippen molar-refractivity contribution in [3.05, 3.63) is 71.3 Å². The van der Waals surface area contributed by atoms with E-state index in [4.69, 9.17) is 16.3 Å². The first-order valence-electron chi connectivity index (χ1n) is 8.90. The standard InChI is InChI=1S/C21H21ClN4O4/c1-3-10-23-20(28)21(29)26-24-12-15-6-4-5-7-18(15)30-13-19(27)25-17-11-16(22)9-8-14(17)2/h3-9,11-12H,1,10,13H2,2H3,(H,23,28)(H,25,27)(H,26,29)/b24-12-. The van der Waals surface area contributed by atoms with Gasteiger partial charge in [0.15, 0.2) is 6.61 Å². The molecule has 0 fully saturated rings. The highest BCUT2D eigenvalue weighted by Gasteiger charge is 2.11. The Morgan fingerprint density at radius 3 is 2.70 bits per heavy atom. The van der Waals surface area contributed by atoms with E-state index in [1.807, 2.05) is 6.92 Å². The molecule has 156 valence electrons. The number of anilines is 1. The molecule has 0 heterocycles. The maximum atomic E-state index is 12.2. The van der Waals surface area contributed by atoms with Crippen LogP contribution in [0.2, 0.25) is 5.02 Å². The molecule has 0 saturated carbocycles. The third-order valence-corrected chi connectivity index (χ3v) is 3.97. The first kappa shape index (κ1) is 22.6. The van der Waals surface area contributed by atoms with Crippen LogP contribution in [0.15, 0.2) is 60.2 Å². The van der Waals surface area contributed by atoms with Crippen LogP contribution in [0.3, 0.4) is 0 Å². The van der Waals surface area contributed by atoms with E-state index in [2.05, 4.69) is 27.7 Å². The van der Waals surface area contributed by atoms with Gasteiger partial charge < -0.3 is 15.4 Å². The van der Waals surface area contributed by atoms with E-state index in [1.165, 1.54) is 12.3 Å². The van der Waals surface area contributed by atoms with Gasteiger partial charge in [0.2, 0.25) is 0 Å². The van der Waals surface area contributed by atoms with Crippen LogP contribution >= 0.6 is 11.6 Å². The molecule has 0 aliphatic heterocycles. The van der Waals surface area contributed by atoms with E-state index in [0.717, 1.165) is 5.56 Å². The molecule has 8 nitrogen and oxygen atoms in total. The lowest BCUT2D eigenvalue weighted by Crippen LogP contribution is -2.37. The molecule has 0 bridgehead atoms. The number of carbonyl (C=O) groups excluding carboxylic acids is 3. The number of ether oxygens (including phenoxy) is 1. The zero-order valence-electron chi connectivity index (χ0n) is 16.3. The van der Waals surface area contributed by atoms with E-state index < -0.39 is 11.8 Å². The van der Waals surface area contributed by atoms with Gasteiger partial charge in [0.25, 0.3) is 5.91 Å². The molecular weight excluding hydrogens is 408 g/mol. The number of nitrogens with zero attached hydrogens (tertiary/aromatic N) is 1. The van der Waals surface area contributed by atoms with Gasteiger partial charge in [0, 0.05) is 22.8 Å². The average molecular weight is 429 g/mol. The number of para-hydroxylation sites is 1. The summed E-state index contributed by atoms with van der Waals surface area (Å²) in [6.45, 7) is 5.22. The number of aryl methyl sites for hydroxylation is 1. The Morgan fingerprint density at radius 1 is 1.17 bits per heavy atom. The number of benzene rings is 2. The van der Waals surface area contributed by atoms with Crippen molar-refractivity contribution in [1.82, 2.24) is 10.7 Å². The fourth-order valence-corrected chi connectivity index (χ4v) is 2.41. The summed E-state index contributed by atoms with van der Waals surface area (Å²) in [4.78, 5) is 35.3. The topological polar surface area (TPSA) is 109 Å². The monoisotopic (exact) mass is 428 g/mol. The molecule has 3 amide bonds. The van der Waals surface area contributed by atoms with Crippen LogP contribution in [0.25, 0.3) is 0 Å². The maximum Gasteiger partial charge on any atom is 0.329 e. The summed E-state index contributed by atoms with van der Waals surface area (Å²) < 4.78 is 5.56. The summed E-state index contributed by atoms with van der Waals surface area (Å²) >= 11 is 5.95. The maximum absolute atomic E-state index is 12.2. The van der Waals surface area contributed by atoms with Crippen LogP contribution in [0.1, 0.15) is 11.1 Å². The van der Waals surface area contributed by atoms with Gasteiger partial charge in [0.1, 0.15) is 5.75 Å². The van der Waals surface area contributed by atoms with Gasteiger partial charge in [-0.15, -0.1) is 6.58 Å². The van der Waals surface area contributed by atoms with Crippen LogP contribution in [-0.4, -0.2) is 37.1 Å². The lowest BCUT2D eigenvalue weighted by Gasteiger charge is -2.11. The van der Waals surface area contributed by atoms with Gasteiger partial charge in [0.05, 0.1) is 6.21 Å². The highest BCUT2D eigenvalue weighted by molar-refractivity contribution is 6.35. The predicted molar refractivity (Wildman–Crippen MR) is 116 cm³/mol. The van der Waals surface area contributed by atoms with Gasteiger partial charge in [-0.3, -0.25) is 14.4 Å². The van der Waals surface area contributed by atoms with Crippen molar-refractivity contribution < 1.29 is 19.1 Å². The number of hydrogen-bond acceptors (Lipinski definition) is 5. The second-order valence-corrected chi connectivity index (χ2v) is 6.47. The summed E-state index contributed by atoms with van der Waals surface area (Å²) in [7, 11) is 0. The molecular formula is C21H21ClN4O4. The minimum absolute atomic E-state index is 0.170. The van der Waals surface area contributed by atoms with Crippen LogP contribution < -0.4 is 20.8 Å². The number of amides is 3. The molecule has 30 heavy (non-hydrogen) atoms. The largest absolute Gasteiger partial charge is 0.483 e. The second kappa shape index (κ2) is 11.4. The number of halogens is 1. The normalized spacial score (nSPS) is 10.3. The smallest absolute Gasteiger partial charge is 0.329 e. The van der Waals surface area contributed by atoms with Crippen molar-refractivity contribution in [3.8, 4) is 5.75 Å². The van der Waals surface area contributed by atoms with Crippen LogP contribution in [0, 0.1) is 6.92 Å². The van der Waals surface area contributed by atoms with Gasteiger partial charge in [-0.25, -0.2) is 5.43 Å². The first-order valence-corrected chi connectivity index (χ1v) is 9.28. The minimum Gasteiger partial charge on any atom is -0.483 e. The molecule has 2 rings (SSSR count). The Kier molecular flexibility index (Phi) is 8.58. The van der Waals surface area contributed by atoms with Crippen molar-refractivity contribution >= 4 is 41.2 Å². The van der Waals surface area contributed by atoms with Gasteiger partial charge >= 0.3 is 11.8 Å². The van der Waals surface area contributed by atoms with Gasteiger partial charge in [-0.2, -0.15) is 5.10 Å². The van der Waals surface area contributed by atoms with Crippen molar-refractivity contribution in [2.45, 2.75) is 6.92 Å². The Bertz CT molecular complexity index is 975. The molecule has 0 unspecified atom stereocenters.